The fourth-order valence-electron chi connectivity index (χ4n) is 2.88. The highest BCUT2D eigenvalue weighted by atomic mass is 16.5. The zero-order valence-corrected chi connectivity index (χ0v) is 17.2. The van der Waals surface area contributed by atoms with Crippen LogP contribution in [-0.4, -0.2) is 22.0 Å². The van der Waals surface area contributed by atoms with E-state index in [-0.39, 0.29) is 12.0 Å². The van der Waals surface area contributed by atoms with E-state index in [2.05, 4.69) is 39.7 Å². The Morgan fingerprint density at radius 1 is 1.03 bits per heavy atom. The Morgan fingerprint density at radius 3 is 2.59 bits per heavy atom. The van der Waals surface area contributed by atoms with Crippen molar-refractivity contribution in [2.45, 2.75) is 40.3 Å². The Hall–Kier alpha value is -3.41. The normalized spacial score (nSPS) is 10.7. The Labute approximate surface area is 171 Å². The molecule has 0 fully saturated rings. The van der Waals surface area contributed by atoms with Crippen LogP contribution in [0.4, 0.5) is 11.6 Å². The molecular formula is C23H26N4O2. The molecule has 0 saturated heterocycles. The summed E-state index contributed by atoms with van der Waals surface area (Å²) in [5.74, 6) is 0.733. The van der Waals surface area contributed by atoms with Gasteiger partial charge in [0.25, 0.3) is 5.91 Å². The van der Waals surface area contributed by atoms with Gasteiger partial charge >= 0.3 is 0 Å². The standard InChI is InChI=1S/C23H26N4O2/c1-15(2)29-21-11-6-5-10-19(21)26-22(28)20-13-17(4)25-23(27-20)24-14-18-9-7-8-16(3)12-18/h5-13,15H,14H2,1-4H3,(H,26,28)(H,24,25,27). The van der Waals surface area contributed by atoms with E-state index in [0.29, 0.717) is 35.3 Å². The van der Waals surface area contributed by atoms with Crippen LogP contribution in [0.5, 0.6) is 5.75 Å². The summed E-state index contributed by atoms with van der Waals surface area (Å²) in [6.07, 6.45) is 0.00627. The number of carbonyl (C=O) groups excluding carboxylic acids is 1. The summed E-state index contributed by atoms with van der Waals surface area (Å²) in [5, 5.41) is 6.08. The molecule has 3 aromatic rings. The van der Waals surface area contributed by atoms with E-state index in [1.807, 2.05) is 51.1 Å². The number of aromatic nitrogens is 2. The third-order valence-corrected chi connectivity index (χ3v) is 4.12. The minimum absolute atomic E-state index is 0.00627. The highest BCUT2D eigenvalue weighted by Crippen LogP contribution is 2.25. The molecule has 2 aromatic carbocycles. The van der Waals surface area contributed by atoms with E-state index < -0.39 is 0 Å². The van der Waals surface area contributed by atoms with Crippen LogP contribution in [0.15, 0.2) is 54.6 Å². The number of benzene rings is 2. The smallest absolute Gasteiger partial charge is 0.274 e. The Balaban J connectivity index is 1.74. The lowest BCUT2D eigenvalue weighted by Gasteiger charge is -2.15. The number of hydrogen-bond acceptors (Lipinski definition) is 5. The predicted octanol–water partition coefficient (Wildman–Crippen LogP) is 4.75. The lowest BCUT2D eigenvalue weighted by molar-refractivity contribution is 0.102. The number of amides is 1. The molecule has 0 atom stereocenters. The maximum absolute atomic E-state index is 12.8. The van der Waals surface area contributed by atoms with Crippen molar-refractivity contribution in [2.24, 2.45) is 0 Å². The molecule has 3 rings (SSSR count). The van der Waals surface area contributed by atoms with Gasteiger partial charge in [0.05, 0.1) is 11.8 Å². The van der Waals surface area contributed by atoms with Gasteiger partial charge < -0.3 is 15.4 Å². The van der Waals surface area contributed by atoms with Crippen LogP contribution in [0.1, 0.15) is 41.2 Å². The first-order valence-electron chi connectivity index (χ1n) is 9.63. The number of carbonyl (C=O) groups is 1. The van der Waals surface area contributed by atoms with Gasteiger partial charge in [0.1, 0.15) is 11.4 Å². The van der Waals surface area contributed by atoms with Crippen LogP contribution in [-0.2, 0) is 6.54 Å². The van der Waals surface area contributed by atoms with Crippen molar-refractivity contribution in [2.75, 3.05) is 10.6 Å². The maximum atomic E-state index is 12.8. The van der Waals surface area contributed by atoms with Gasteiger partial charge in [-0.15, -0.1) is 0 Å². The predicted molar refractivity (Wildman–Crippen MR) is 115 cm³/mol. The molecule has 0 spiro atoms. The van der Waals surface area contributed by atoms with Gasteiger partial charge in [-0.1, -0.05) is 42.0 Å². The topological polar surface area (TPSA) is 76.1 Å². The Kier molecular flexibility index (Phi) is 6.44. The Morgan fingerprint density at radius 2 is 1.83 bits per heavy atom. The van der Waals surface area contributed by atoms with Gasteiger partial charge in [0, 0.05) is 12.2 Å². The second-order valence-electron chi connectivity index (χ2n) is 7.18. The molecule has 0 bridgehead atoms. The fraction of sp³-hybridized carbons (Fsp3) is 0.261. The van der Waals surface area contributed by atoms with Crippen molar-refractivity contribution in [1.29, 1.82) is 0 Å². The van der Waals surface area contributed by atoms with E-state index in [9.17, 15) is 4.79 Å². The zero-order chi connectivity index (χ0) is 20.8. The van der Waals surface area contributed by atoms with E-state index in [1.54, 1.807) is 12.1 Å². The molecular weight excluding hydrogens is 364 g/mol. The molecule has 0 aliphatic heterocycles. The molecule has 150 valence electrons. The van der Waals surface area contributed by atoms with Crippen molar-refractivity contribution in [1.82, 2.24) is 9.97 Å². The first-order valence-corrected chi connectivity index (χ1v) is 9.63. The number of anilines is 2. The lowest BCUT2D eigenvalue weighted by Crippen LogP contribution is -2.17. The van der Waals surface area contributed by atoms with Crippen molar-refractivity contribution >= 4 is 17.5 Å². The number of nitrogens with zero attached hydrogens (tertiary/aromatic N) is 2. The highest BCUT2D eigenvalue weighted by molar-refractivity contribution is 6.03. The second-order valence-corrected chi connectivity index (χ2v) is 7.18. The molecule has 0 unspecified atom stereocenters. The third kappa shape index (κ3) is 5.78. The molecule has 2 N–H and O–H groups in total. The molecule has 0 aliphatic rings. The van der Waals surface area contributed by atoms with Crippen molar-refractivity contribution in [3.05, 3.63) is 77.1 Å². The van der Waals surface area contributed by atoms with Gasteiger partial charge in [-0.2, -0.15) is 0 Å². The molecule has 1 aromatic heterocycles. The second kappa shape index (κ2) is 9.19. The number of ether oxygens (including phenoxy) is 1. The summed E-state index contributed by atoms with van der Waals surface area (Å²) in [7, 11) is 0. The molecule has 0 aliphatic carbocycles. The van der Waals surface area contributed by atoms with Crippen molar-refractivity contribution in [3.8, 4) is 5.75 Å². The lowest BCUT2D eigenvalue weighted by atomic mass is 10.1. The number of hydrogen-bond donors (Lipinski definition) is 2. The minimum Gasteiger partial charge on any atom is -0.489 e. The zero-order valence-electron chi connectivity index (χ0n) is 17.2. The Bertz CT molecular complexity index is 1000. The van der Waals surface area contributed by atoms with Crippen LogP contribution in [0, 0.1) is 13.8 Å². The molecule has 6 heteroatoms. The van der Waals surface area contributed by atoms with Gasteiger partial charge in [-0.3, -0.25) is 4.79 Å². The van der Waals surface area contributed by atoms with Crippen LogP contribution in [0.25, 0.3) is 0 Å². The van der Waals surface area contributed by atoms with Gasteiger partial charge in [-0.25, -0.2) is 9.97 Å². The van der Waals surface area contributed by atoms with E-state index in [1.165, 1.54) is 5.56 Å². The first-order chi connectivity index (χ1) is 13.9. The SMILES string of the molecule is Cc1cccc(CNc2nc(C)cc(C(=O)Nc3ccccc3OC(C)C)n2)c1. The van der Waals surface area contributed by atoms with Gasteiger partial charge in [-0.05, 0) is 51.5 Å². The van der Waals surface area contributed by atoms with Crippen LogP contribution in [0.3, 0.4) is 0 Å². The summed E-state index contributed by atoms with van der Waals surface area (Å²) in [6, 6.07) is 17.2. The fourth-order valence-corrected chi connectivity index (χ4v) is 2.88. The minimum atomic E-state index is -0.311. The molecule has 0 radical (unpaired) electrons. The monoisotopic (exact) mass is 390 g/mol. The highest BCUT2D eigenvalue weighted by Gasteiger charge is 2.14. The number of rotatable bonds is 7. The average Bonchev–Trinajstić information content (AvgIpc) is 2.67. The van der Waals surface area contributed by atoms with Crippen LogP contribution in [0.2, 0.25) is 0 Å². The number of para-hydroxylation sites is 2. The maximum Gasteiger partial charge on any atom is 0.274 e. The van der Waals surface area contributed by atoms with E-state index in [0.717, 1.165) is 5.56 Å². The molecule has 1 heterocycles. The largest absolute Gasteiger partial charge is 0.489 e. The van der Waals surface area contributed by atoms with Crippen molar-refractivity contribution < 1.29 is 9.53 Å². The van der Waals surface area contributed by atoms with Gasteiger partial charge in [0.15, 0.2) is 0 Å². The third-order valence-electron chi connectivity index (χ3n) is 4.12. The summed E-state index contributed by atoms with van der Waals surface area (Å²) in [6.45, 7) is 8.36. The van der Waals surface area contributed by atoms with E-state index >= 15 is 0 Å². The quantitative estimate of drug-likeness (QED) is 0.609. The first kappa shape index (κ1) is 20.3. The summed E-state index contributed by atoms with van der Waals surface area (Å²) >= 11 is 0. The van der Waals surface area contributed by atoms with Crippen molar-refractivity contribution in [3.63, 3.8) is 0 Å². The number of nitrogens with one attached hydrogen (secondary N) is 2. The van der Waals surface area contributed by atoms with Crippen LogP contribution >= 0.6 is 0 Å². The summed E-state index contributed by atoms with van der Waals surface area (Å²) in [4.78, 5) is 21.6. The number of aryl methyl sites for hydroxylation is 2. The molecule has 1 amide bonds. The van der Waals surface area contributed by atoms with Gasteiger partial charge in [0.2, 0.25) is 5.95 Å². The summed E-state index contributed by atoms with van der Waals surface area (Å²) in [5.41, 5.74) is 3.93. The molecule has 0 saturated carbocycles. The molecule has 29 heavy (non-hydrogen) atoms. The van der Waals surface area contributed by atoms with Crippen LogP contribution < -0.4 is 15.4 Å². The molecule has 6 nitrogen and oxygen atoms in total. The average molecular weight is 390 g/mol. The summed E-state index contributed by atoms with van der Waals surface area (Å²) < 4.78 is 5.77. The van der Waals surface area contributed by atoms with E-state index in [4.69, 9.17) is 4.74 Å².